The first kappa shape index (κ1) is 16.4. The molecule has 6 nitrogen and oxygen atoms in total. The summed E-state index contributed by atoms with van der Waals surface area (Å²) in [4.78, 5) is 31.4. The lowest BCUT2D eigenvalue weighted by molar-refractivity contribution is 0.0660. The molecule has 128 valence electrons. The molecule has 1 saturated heterocycles. The lowest BCUT2D eigenvalue weighted by Crippen LogP contribution is -2.53. The van der Waals surface area contributed by atoms with Gasteiger partial charge in [0.15, 0.2) is 0 Å². The SMILES string of the molecule is CCNC(=O)N1CCN(C(=O)c2cc3c(C)cc(C)cc3[nH]2)CC1. The van der Waals surface area contributed by atoms with Crippen molar-refractivity contribution >= 4 is 22.8 Å². The molecule has 2 aromatic rings. The first-order valence-electron chi connectivity index (χ1n) is 8.41. The second-order valence-corrected chi connectivity index (χ2v) is 6.34. The number of fused-ring (bicyclic) bond motifs is 1. The number of hydrogen-bond acceptors (Lipinski definition) is 2. The van der Waals surface area contributed by atoms with Crippen LogP contribution in [0.1, 0.15) is 28.5 Å². The Morgan fingerprint density at radius 1 is 1.08 bits per heavy atom. The van der Waals surface area contributed by atoms with E-state index in [-0.39, 0.29) is 11.9 Å². The Bertz CT molecular complexity index is 773. The lowest BCUT2D eigenvalue weighted by Gasteiger charge is -2.34. The number of urea groups is 1. The van der Waals surface area contributed by atoms with E-state index in [1.165, 1.54) is 11.1 Å². The van der Waals surface area contributed by atoms with E-state index in [9.17, 15) is 9.59 Å². The lowest BCUT2D eigenvalue weighted by atomic mass is 10.1. The summed E-state index contributed by atoms with van der Waals surface area (Å²) in [5.41, 5.74) is 3.96. The largest absolute Gasteiger partial charge is 0.351 e. The van der Waals surface area contributed by atoms with Crippen molar-refractivity contribution in [3.05, 3.63) is 35.0 Å². The quantitative estimate of drug-likeness (QED) is 0.888. The molecule has 2 heterocycles. The standard InChI is InChI=1S/C18H24N4O2/c1-4-19-18(24)22-7-5-21(6-8-22)17(23)16-11-14-13(3)9-12(2)10-15(14)20-16/h9-11,20H,4-8H2,1-3H3,(H,19,24). The molecule has 1 aromatic carbocycles. The Morgan fingerprint density at radius 3 is 2.42 bits per heavy atom. The van der Waals surface area contributed by atoms with Gasteiger partial charge in [0.05, 0.1) is 0 Å². The molecule has 0 bridgehead atoms. The molecular weight excluding hydrogens is 304 g/mol. The van der Waals surface area contributed by atoms with Crippen molar-refractivity contribution in [2.24, 2.45) is 0 Å². The van der Waals surface area contributed by atoms with Gasteiger partial charge >= 0.3 is 6.03 Å². The van der Waals surface area contributed by atoms with Crippen LogP contribution in [0.3, 0.4) is 0 Å². The van der Waals surface area contributed by atoms with E-state index >= 15 is 0 Å². The normalized spacial score (nSPS) is 15.0. The zero-order chi connectivity index (χ0) is 17.3. The van der Waals surface area contributed by atoms with E-state index in [2.05, 4.69) is 36.3 Å². The molecule has 0 saturated carbocycles. The Kier molecular flexibility index (Phi) is 4.46. The number of benzene rings is 1. The number of amides is 3. The third kappa shape index (κ3) is 3.09. The molecule has 1 aliphatic rings. The summed E-state index contributed by atoms with van der Waals surface area (Å²) in [5, 5.41) is 3.89. The molecule has 24 heavy (non-hydrogen) atoms. The highest BCUT2D eigenvalue weighted by atomic mass is 16.2. The minimum atomic E-state index is -0.0543. The van der Waals surface area contributed by atoms with Gasteiger partial charge in [0, 0.05) is 43.6 Å². The highest BCUT2D eigenvalue weighted by molar-refractivity contribution is 5.99. The van der Waals surface area contributed by atoms with Gasteiger partial charge in [-0.25, -0.2) is 4.79 Å². The zero-order valence-corrected chi connectivity index (χ0v) is 14.5. The number of hydrogen-bond donors (Lipinski definition) is 2. The van der Waals surface area contributed by atoms with E-state index in [1.807, 2.05) is 17.9 Å². The van der Waals surface area contributed by atoms with Crippen LogP contribution in [0.25, 0.3) is 10.9 Å². The van der Waals surface area contributed by atoms with Crippen molar-refractivity contribution in [1.29, 1.82) is 0 Å². The number of carbonyl (C=O) groups excluding carboxylic acids is 2. The molecule has 6 heteroatoms. The van der Waals surface area contributed by atoms with E-state index in [4.69, 9.17) is 0 Å². The zero-order valence-electron chi connectivity index (χ0n) is 14.5. The van der Waals surface area contributed by atoms with Gasteiger partial charge in [-0.2, -0.15) is 0 Å². The highest BCUT2D eigenvalue weighted by Gasteiger charge is 2.25. The molecule has 0 spiro atoms. The van der Waals surface area contributed by atoms with Gasteiger partial charge in [0.2, 0.25) is 0 Å². The van der Waals surface area contributed by atoms with Crippen LogP contribution >= 0.6 is 0 Å². The third-order valence-corrected chi connectivity index (χ3v) is 4.50. The Balaban J connectivity index is 1.72. The molecule has 1 aliphatic heterocycles. The number of piperazine rings is 1. The summed E-state index contributed by atoms with van der Waals surface area (Å²) in [6.45, 7) is 8.87. The van der Waals surface area contributed by atoms with Crippen LogP contribution in [0.4, 0.5) is 4.79 Å². The fraction of sp³-hybridized carbons (Fsp3) is 0.444. The minimum absolute atomic E-state index is 0.00111. The Labute approximate surface area is 141 Å². The van der Waals surface area contributed by atoms with Crippen LogP contribution in [-0.4, -0.2) is 59.4 Å². The molecule has 0 aliphatic carbocycles. The maximum absolute atomic E-state index is 12.7. The monoisotopic (exact) mass is 328 g/mol. The van der Waals surface area contributed by atoms with Crippen LogP contribution in [0.15, 0.2) is 18.2 Å². The van der Waals surface area contributed by atoms with E-state index in [1.54, 1.807) is 4.90 Å². The van der Waals surface area contributed by atoms with Crippen molar-refractivity contribution < 1.29 is 9.59 Å². The number of nitrogens with one attached hydrogen (secondary N) is 2. The second-order valence-electron chi connectivity index (χ2n) is 6.34. The minimum Gasteiger partial charge on any atom is -0.351 e. The van der Waals surface area contributed by atoms with Crippen LogP contribution < -0.4 is 5.32 Å². The Morgan fingerprint density at radius 2 is 1.75 bits per heavy atom. The molecular formula is C18H24N4O2. The van der Waals surface area contributed by atoms with Crippen LogP contribution in [0.5, 0.6) is 0 Å². The highest BCUT2D eigenvalue weighted by Crippen LogP contribution is 2.22. The first-order valence-corrected chi connectivity index (χ1v) is 8.41. The molecule has 3 amide bonds. The van der Waals surface area contributed by atoms with Crippen molar-refractivity contribution in [3.8, 4) is 0 Å². The van der Waals surface area contributed by atoms with Crippen molar-refractivity contribution in [2.75, 3.05) is 32.7 Å². The van der Waals surface area contributed by atoms with Gasteiger partial charge in [-0.05, 0) is 44.0 Å². The maximum Gasteiger partial charge on any atom is 0.317 e. The van der Waals surface area contributed by atoms with Crippen molar-refractivity contribution in [3.63, 3.8) is 0 Å². The number of nitrogens with zero attached hydrogens (tertiary/aromatic N) is 2. The predicted molar refractivity (Wildman–Crippen MR) is 94.3 cm³/mol. The molecule has 2 N–H and O–H groups in total. The van der Waals surface area contributed by atoms with Gasteiger partial charge in [-0.15, -0.1) is 0 Å². The number of aromatic amines is 1. The summed E-state index contributed by atoms with van der Waals surface area (Å²) in [7, 11) is 0. The average Bonchev–Trinajstić information content (AvgIpc) is 2.99. The van der Waals surface area contributed by atoms with Crippen LogP contribution in [0, 0.1) is 13.8 Å². The van der Waals surface area contributed by atoms with Crippen LogP contribution in [-0.2, 0) is 0 Å². The topological polar surface area (TPSA) is 68.4 Å². The van der Waals surface area contributed by atoms with Gasteiger partial charge in [0.1, 0.15) is 5.69 Å². The second kappa shape index (κ2) is 6.55. The average molecular weight is 328 g/mol. The first-order chi connectivity index (χ1) is 11.5. The fourth-order valence-corrected chi connectivity index (χ4v) is 3.26. The van der Waals surface area contributed by atoms with Crippen molar-refractivity contribution in [1.82, 2.24) is 20.1 Å². The fourth-order valence-electron chi connectivity index (χ4n) is 3.26. The summed E-state index contributed by atoms with van der Waals surface area (Å²) >= 11 is 0. The number of carbonyl (C=O) groups is 2. The number of H-pyrrole nitrogens is 1. The van der Waals surface area contributed by atoms with Crippen LogP contribution in [0.2, 0.25) is 0 Å². The van der Waals surface area contributed by atoms with Gasteiger partial charge in [-0.3, -0.25) is 4.79 Å². The number of rotatable bonds is 2. The molecule has 0 atom stereocenters. The molecule has 3 rings (SSSR count). The third-order valence-electron chi connectivity index (χ3n) is 4.50. The maximum atomic E-state index is 12.7. The predicted octanol–water partition coefficient (Wildman–Crippen LogP) is 2.27. The van der Waals surface area contributed by atoms with Gasteiger partial charge in [0.25, 0.3) is 5.91 Å². The van der Waals surface area contributed by atoms with E-state index in [0.29, 0.717) is 38.4 Å². The smallest absolute Gasteiger partial charge is 0.317 e. The number of aryl methyl sites for hydroxylation is 2. The summed E-state index contributed by atoms with van der Waals surface area (Å²) in [5.74, 6) is -0.00111. The van der Waals surface area contributed by atoms with Gasteiger partial charge < -0.3 is 20.1 Å². The molecule has 1 aromatic heterocycles. The summed E-state index contributed by atoms with van der Waals surface area (Å²) in [6, 6.07) is 6.06. The van der Waals surface area contributed by atoms with Gasteiger partial charge in [-0.1, -0.05) is 6.07 Å². The summed E-state index contributed by atoms with van der Waals surface area (Å²) < 4.78 is 0. The van der Waals surface area contributed by atoms with E-state index < -0.39 is 0 Å². The van der Waals surface area contributed by atoms with Crippen molar-refractivity contribution in [2.45, 2.75) is 20.8 Å². The number of aromatic nitrogens is 1. The summed E-state index contributed by atoms with van der Waals surface area (Å²) in [6.07, 6.45) is 0. The Hall–Kier alpha value is -2.50. The molecule has 0 radical (unpaired) electrons. The molecule has 0 unspecified atom stereocenters. The van der Waals surface area contributed by atoms with E-state index in [0.717, 1.165) is 10.9 Å². The molecule has 1 fully saturated rings.